The van der Waals surface area contributed by atoms with Gasteiger partial charge in [0, 0.05) is 12.5 Å². The second kappa shape index (κ2) is 3.64. The summed E-state index contributed by atoms with van der Waals surface area (Å²) in [5.41, 5.74) is -1.06. The molecule has 0 aromatic carbocycles. The average Bonchev–Trinajstić information content (AvgIpc) is 2.47. The number of rotatable bonds is 2. The Kier molecular flexibility index (Phi) is 2.93. The van der Waals surface area contributed by atoms with E-state index in [9.17, 15) is 9.90 Å². The van der Waals surface area contributed by atoms with E-state index in [0.717, 1.165) is 0 Å². The van der Waals surface area contributed by atoms with Crippen molar-refractivity contribution in [3.05, 3.63) is 0 Å². The molecule has 1 fully saturated rings. The summed E-state index contributed by atoms with van der Waals surface area (Å²) in [6.45, 7) is 4.21. The van der Waals surface area contributed by atoms with E-state index in [1.54, 1.807) is 4.90 Å². The fourth-order valence-electron chi connectivity index (χ4n) is 1.54. The van der Waals surface area contributed by atoms with Crippen LogP contribution < -0.4 is 0 Å². The van der Waals surface area contributed by atoms with Gasteiger partial charge in [0.1, 0.15) is 5.60 Å². The quantitative estimate of drug-likeness (QED) is 0.618. The second-order valence-corrected chi connectivity index (χ2v) is 4.05. The molecule has 0 spiro atoms. The first kappa shape index (κ1) is 10.5. The number of carbonyl (C=O) groups excluding carboxylic acids is 1. The lowest BCUT2D eigenvalue weighted by Gasteiger charge is -2.22. The normalized spacial score (nSPS) is 28.5. The van der Waals surface area contributed by atoms with E-state index in [2.05, 4.69) is 0 Å². The van der Waals surface area contributed by atoms with Crippen molar-refractivity contribution in [3.63, 3.8) is 0 Å². The summed E-state index contributed by atoms with van der Waals surface area (Å²) in [6, 6.07) is 0. The third kappa shape index (κ3) is 2.19. The molecule has 1 heterocycles. The highest BCUT2D eigenvalue weighted by molar-refractivity contribution is 5.78. The highest BCUT2D eigenvalue weighted by Crippen LogP contribution is 2.21. The van der Waals surface area contributed by atoms with Gasteiger partial charge < -0.3 is 15.1 Å². The molecule has 0 radical (unpaired) electrons. The van der Waals surface area contributed by atoms with Crippen molar-refractivity contribution in [2.75, 3.05) is 19.7 Å². The largest absolute Gasteiger partial charge is 0.393 e. The first-order chi connectivity index (χ1) is 5.98. The van der Waals surface area contributed by atoms with Crippen molar-refractivity contribution in [3.8, 4) is 0 Å². The number of aliphatic hydroxyl groups is 2. The average molecular weight is 187 g/mol. The molecule has 1 saturated heterocycles. The molecule has 1 amide bonds. The van der Waals surface area contributed by atoms with Crippen molar-refractivity contribution in [1.29, 1.82) is 0 Å². The molecular formula is C9H17NO3. The summed E-state index contributed by atoms with van der Waals surface area (Å²) < 4.78 is 0. The lowest BCUT2D eigenvalue weighted by molar-refractivity contribution is -0.134. The monoisotopic (exact) mass is 187 g/mol. The Morgan fingerprint density at radius 1 is 1.62 bits per heavy atom. The molecule has 1 atom stereocenters. The van der Waals surface area contributed by atoms with Crippen LogP contribution in [0.25, 0.3) is 0 Å². The van der Waals surface area contributed by atoms with Crippen LogP contribution in [0.1, 0.15) is 20.3 Å². The number of aliphatic hydroxyl groups excluding tert-OH is 1. The minimum Gasteiger partial charge on any atom is -0.393 e. The minimum atomic E-state index is -1.06. The molecule has 0 aromatic heterocycles. The Bertz CT molecular complexity index is 205. The van der Waals surface area contributed by atoms with Gasteiger partial charge in [-0.2, -0.15) is 0 Å². The van der Waals surface area contributed by atoms with E-state index in [-0.39, 0.29) is 25.0 Å². The van der Waals surface area contributed by atoms with Crippen LogP contribution >= 0.6 is 0 Å². The standard InChI is InChI=1S/C9H17NO3/c1-7(2)8(12)10-4-3-9(13,5-10)6-11/h7,11,13H,3-6H2,1-2H3. The Hall–Kier alpha value is -0.610. The number of carbonyl (C=O) groups is 1. The molecule has 13 heavy (non-hydrogen) atoms. The van der Waals surface area contributed by atoms with Crippen molar-refractivity contribution < 1.29 is 15.0 Å². The Balaban J connectivity index is 2.55. The number of nitrogens with zero attached hydrogens (tertiary/aromatic N) is 1. The van der Waals surface area contributed by atoms with E-state index in [1.165, 1.54) is 0 Å². The van der Waals surface area contributed by atoms with E-state index < -0.39 is 5.60 Å². The van der Waals surface area contributed by atoms with Crippen molar-refractivity contribution in [2.24, 2.45) is 5.92 Å². The molecule has 0 bridgehead atoms. The van der Waals surface area contributed by atoms with Crippen molar-refractivity contribution >= 4 is 5.91 Å². The fraction of sp³-hybridized carbons (Fsp3) is 0.889. The van der Waals surface area contributed by atoms with Gasteiger partial charge >= 0.3 is 0 Å². The number of hydrogen-bond acceptors (Lipinski definition) is 3. The van der Waals surface area contributed by atoms with Crippen LogP contribution in [0.2, 0.25) is 0 Å². The maximum atomic E-state index is 11.5. The predicted octanol–water partition coefficient (Wildman–Crippen LogP) is -0.402. The highest BCUT2D eigenvalue weighted by Gasteiger charge is 2.37. The lowest BCUT2D eigenvalue weighted by Crippen LogP contribution is -2.40. The highest BCUT2D eigenvalue weighted by atomic mass is 16.3. The van der Waals surface area contributed by atoms with Crippen LogP contribution in [0.5, 0.6) is 0 Å². The Morgan fingerprint density at radius 3 is 2.62 bits per heavy atom. The zero-order chi connectivity index (χ0) is 10.1. The van der Waals surface area contributed by atoms with Crippen LogP contribution in [0.15, 0.2) is 0 Å². The van der Waals surface area contributed by atoms with E-state index in [4.69, 9.17) is 5.11 Å². The van der Waals surface area contributed by atoms with Crippen molar-refractivity contribution in [1.82, 2.24) is 4.90 Å². The molecule has 1 aliphatic rings. The van der Waals surface area contributed by atoms with Crippen LogP contribution in [0.3, 0.4) is 0 Å². The first-order valence-corrected chi connectivity index (χ1v) is 4.60. The SMILES string of the molecule is CC(C)C(=O)N1CCC(O)(CO)C1. The van der Waals surface area contributed by atoms with Crippen LogP contribution in [0.4, 0.5) is 0 Å². The van der Waals surface area contributed by atoms with Gasteiger partial charge in [-0.1, -0.05) is 13.8 Å². The summed E-state index contributed by atoms with van der Waals surface area (Å²) in [4.78, 5) is 13.1. The van der Waals surface area contributed by atoms with Gasteiger partial charge in [-0.15, -0.1) is 0 Å². The summed E-state index contributed by atoms with van der Waals surface area (Å²) in [7, 11) is 0. The molecule has 0 aromatic rings. The number of likely N-dealkylation sites (tertiary alicyclic amines) is 1. The Morgan fingerprint density at radius 2 is 2.23 bits per heavy atom. The van der Waals surface area contributed by atoms with Gasteiger partial charge in [-0.05, 0) is 6.42 Å². The molecule has 76 valence electrons. The van der Waals surface area contributed by atoms with Crippen LogP contribution in [-0.4, -0.2) is 46.3 Å². The fourth-order valence-corrected chi connectivity index (χ4v) is 1.54. The van der Waals surface area contributed by atoms with Gasteiger partial charge in [0.15, 0.2) is 0 Å². The zero-order valence-electron chi connectivity index (χ0n) is 8.16. The molecule has 4 nitrogen and oxygen atoms in total. The molecule has 4 heteroatoms. The second-order valence-electron chi connectivity index (χ2n) is 4.05. The van der Waals surface area contributed by atoms with Gasteiger partial charge in [-0.25, -0.2) is 0 Å². The predicted molar refractivity (Wildman–Crippen MR) is 48.1 cm³/mol. The van der Waals surface area contributed by atoms with E-state index >= 15 is 0 Å². The first-order valence-electron chi connectivity index (χ1n) is 4.60. The zero-order valence-corrected chi connectivity index (χ0v) is 8.16. The summed E-state index contributed by atoms with van der Waals surface area (Å²) >= 11 is 0. The smallest absolute Gasteiger partial charge is 0.225 e. The third-order valence-corrected chi connectivity index (χ3v) is 2.43. The summed E-state index contributed by atoms with van der Waals surface area (Å²) in [5.74, 6) is 0.00502. The Labute approximate surface area is 78.2 Å². The molecule has 2 N–H and O–H groups in total. The van der Waals surface area contributed by atoms with Crippen LogP contribution in [0, 0.1) is 5.92 Å². The van der Waals surface area contributed by atoms with E-state index in [0.29, 0.717) is 13.0 Å². The summed E-state index contributed by atoms with van der Waals surface area (Å²) in [5, 5.41) is 18.5. The molecular weight excluding hydrogens is 170 g/mol. The van der Waals surface area contributed by atoms with Gasteiger partial charge in [0.2, 0.25) is 5.91 Å². The molecule has 0 aliphatic carbocycles. The van der Waals surface area contributed by atoms with Gasteiger partial charge in [-0.3, -0.25) is 4.79 Å². The molecule has 0 saturated carbocycles. The molecule has 1 aliphatic heterocycles. The van der Waals surface area contributed by atoms with Crippen LogP contribution in [-0.2, 0) is 4.79 Å². The topological polar surface area (TPSA) is 60.8 Å². The number of β-amino-alcohol motifs (C(OH)–C–C–N with tert-alkyl or cyclic N) is 1. The maximum absolute atomic E-state index is 11.5. The van der Waals surface area contributed by atoms with Crippen molar-refractivity contribution in [2.45, 2.75) is 25.9 Å². The number of hydrogen-bond donors (Lipinski definition) is 2. The van der Waals surface area contributed by atoms with E-state index in [1.807, 2.05) is 13.8 Å². The maximum Gasteiger partial charge on any atom is 0.225 e. The summed E-state index contributed by atoms with van der Waals surface area (Å²) in [6.07, 6.45) is 0.474. The minimum absolute atomic E-state index is 0.0407. The molecule has 1 rings (SSSR count). The lowest BCUT2D eigenvalue weighted by atomic mass is 10.1. The molecule has 1 unspecified atom stereocenters. The van der Waals surface area contributed by atoms with Gasteiger partial charge in [0.05, 0.1) is 13.2 Å². The number of amides is 1. The van der Waals surface area contributed by atoms with Gasteiger partial charge in [0.25, 0.3) is 0 Å². The third-order valence-electron chi connectivity index (χ3n) is 2.43.